The van der Waals surface area contributed by atoms with Crippen LogP contribution in [-0.2, 0) is 9.84 Å². The third-order valence-electron chi connectivity index (χ3n) is 3.02. The van der Waals surface area contributed by atoms with Crippen molar-refractivity contribution in [3.05, 3.63) is 29.3 Å². The van der Waals surface area contributed by atoms with Crippen LogP contribution in [0.4, 0.5) is 0 Å². The molecule has 0 spiro atoms. The molecule has 0 aliphatic carbocycles. The highest BCUT2D eigenvalue weighted by Crippen LogP contribution is 2.32. The van der Waals surface area contributed by atoms with Crippen molar-refractivity contribution in [3.63, 3.8) is 0 Å². The Hall–Kier alpha value is -1.09. The van der Waals surface area contributed by atoms with E-state index in [2.05, 4.69) is 10.2 Å². The van der Waals surface area contributed by atoms with Crippen LogP contribution in [0.3, 0.4) is 0 Å². The summed E-state index contributed by atoms with van der Waals surface area (Å²) in [5.41, 5.74) is 0.721. The molecule has 21 heavy (non-hydrogen) atoms. The number of halogens is 1. The Morgan fingerprint density at radius 2 is 1.95 bits per heavy atom. The number of rotatable bonds is 3. The summed E-state index contributed by atoms with van der Waals surface area (Å²) in [6.45, 7) is 0. The molecule has 0 amide bonds. The average Bonchev–Trinajstić information content (AvgIpc) is 2.96. The first-order valence-electron chi connectivity index (χ1n) is 6.07. The molecule has 1 saturated heterocycles. The quantitative estimate of drug-likeness (QED) is 0.902. The number of hydrogen-bond acceptors (Lipinski definition) is 7. The van der Waals surface area contributed by atoms with Gasteiger partial charge in [0.2, 0.25) is 5.89 Å². The number of aliphatic hydroxyl groups is 1. The molecule has 1 N–H and O–H groups in total. The molecule has 2 aromatic rings. The Kier molecular flexibility index (Phi) is 3.96. The lowest BCUT2D eigenvalue weighted by molar-refractivity contribution is 0.207. The Balaban J connectivity index is 1.75. The predicted molar refractivity (Wildman–Crippen MR) is 79.0 cm³/mol. The molecule has 1 aromatic carbocycles. The van der Waals surface area contributed by atoms with E-state index in [4.69, 9.17) is 16.0 Å². The Bertz CT molecular complexity index is 745. The van der Waals surface area contributed by atoms with Gasteiger partial charge >= 0.3 is 0 Å². The second-order valence-electron chi connectivity index (χ2n) is 4.68. The summed E-state index contributed by atoms with van der Waals surface area (Å²) >= 11 is 6.89. The largest absolute Gasteiger partial charge is 0.411 e. The molecule has 1 aliphatic rings. The highest BCUT2D eigenvalue weighted by Gasteiger charge is 2.38. The predicted octanol–water partition coefficient (Wildman–Crippen LogP) is 1.64. The molecule has 0 radical (unpaired) electrons. The molecule has 0 bridgehead atoms. The van der Waals surface area contributed by atoms with Gasteiger partial charge in [-0.3, -0.25) is 0 Å². The van der Waals surface area contributed by atoms with E-state index in [1.54, 1.807) is 24.3 Å². The van der Waals surface area contributed by atoms with Crippen molar-refractivity contribution in [1.82, 2.24) is 10.2 Å². The van der Waals surface area contributed by atoms with Crippen molar-refractivity contribution in [2.75, 3.05) is 11.5 Å². The topological polar surface area (TPSA) is 93.3 Å². The van der Waals surface area contributed by atoms with Gasteiger partial charge in [0.1, 0.15) is 0 Å². The first-order chi connectivity index (χ1) is 9.93. The number of benzene rings is 1. The van der Waals surface area contributed by atoms with Crippen molar-refractivity contribution in [2.45, 2.75) is 16.6 Å². The molecular formula is C12H11ClN2O4S2. The van der Waals surface area contributed by atoms with Gasteiger partial charge in [-0.05, 0) is 24.3 Å². The van der Waals surface area contributed by atoms with Crippen LogP contribution in [0.15, 0.2) is 33.9 Å². The van der Waals surface area contributed by atoms with Crippen molar-refractivity contribution in [3.8, 4) is 11.5 Å². The molecule has 1 aromatic heterocycles. The lowest BCUT2D eigenvalue weighted by Gasteiger charge is -2.07. The van der Waals surface area contributed by atoms with E-state index >= 15 is 0 Å². The molecule has 1 aliphatic heterocycles. The van der Waals surface area contributed by atoms with Gasteiger partial charge in [-0.1, -0.05) is 23.4 Å². The smallest absolute Gasteiger partial charge is 0.277 e. The molecular weight excluding hydrogens is 336 g/mol. The molecule has 0 saturated carbocycles. The Morgan fingerprint density at radius 3 is 2.57 bits per heavy atom. The summed E-state index contributed by atoms with van der Waals surface area (Å²) in [5, 5.41) is 17.9. The number of nitrogens with zero attached hydrogens (tertiary/aromatic N) is 2. The van der Waals surface area contributed by atoms with Gasteiger partial charge in [0, 0.05) is 10.6 Å². The third-order valence-corrected chi connectivity index (χ3v) is 6.35. The zero-order chi connectivity index (χ0) is 15.0. The van der Waals surface area contributed by atoms with Gasteiger partial charge < -0.3 is 9.52 Å². The van der Waals surface area contributed by atoms with Gasteiger partial charge in [0.05, 0.1) is 22.9 Å². The number of aromatic nitrogens is 2. The molecule has 0 unspecified atom stereocenters. The van der Waals surface area contributed by atoms with Crippen molar-refractivity contribution in [1.29, 1.82) is 0 Å². The van der Waals surface area contributed by atoms with Crippen LogP contribution >= 0.6 is 23.4 Å². The minimum atomic E-state index is -3.19. The molecule has 1 fully saturated rings. The van der Waals surface area contributed by atoms with E-state index in [0.717, 1.165) is 17.3 Å². The van der Waals surface area contributed by atoms with Gasteiger partial charge in [0.25, 0.3) is 5.22 Å². The molecule has 112 valence electrons. The van der Waals surface area contributed by atoms with E-state index < -0.39 is 21.2 Å². The Labute approximate surface area is 130 Å². The normalized spacial score (nSPS) is 24.3. The van der Waals surface area contributed by atoms with Crippen LogP contribution in [0.1, 0.15) is 0 Å². The van der Waals surface area contributed by atoms with Gasteiger partial charge in [-0.25, -0.2) is 8.42 Å². The number of sulfone groups is 1. The maximum Gasteiger partial charge on any atom is 0.277 e. The maximum atomic E-state index is 11.4. The number of hydrogen-bond donors (Lipinski definition) is 1. The minimum absolute atomic E-state index is 0.0858. The van der Waals surface area contributed by atoms with E-state index in [-0.39, 0.29) is 16.7 Å². The van der Waals surface area contributed by atoms with Crippen LogP contribution in [0.25, 0.3) is 11.5 Å². The lowest BCUT2D eigenvalue weighted by atomic mass is 10.2. The second kappa shape index (κ2) is 5.60. The summed E-state index contributed by atoms with van der Waals surface area (Å²) in [7, 11) is -3.19. The SMILES string of the molecule is O=S1(=O)C[C@@H](O)[C@H](Sc2nnc(-c3ccc(Cl)cc3)o2)C1. The van der Waals surface area contributed by atoms with Crippen LogP contribution in [-0.4, -0.2) is 46.6 Å². The summed E-state index contributed by atoms with van der Waals surface area (Å²) < 4.78 is 28.4. The van der Waals surface area contributed by atoms with Crippen molar-refractivity contribution >= 4 is 33.2 Å². The fourth-order valence-electron chi connectivity index (χ4n) is 2.01. The average molecular weight is 347 g/mol. The zero-order valence-electron chi connectivity index (χ0n) is 10.6. The summed E-state index contributed by atoms with van der Waals surface area (Å²) in [4.78, 5) is 0. The summed E-state index contributed by atoms with van der Waals surface area (Å²) in [5.74, 6) is 0.0184. The monoisotopic (exact) mass is 346 g/mol. The first kappa shape index (κ1) is 14.8. The van der Waals surface area contributed by atoms with E-state index in [0.29, 0.717) is 10.9 Å². The van der Waals surface area contributed by atoms with E-state index in [9.17, 15) is 13.5 Å². The minimum Gasteiger partial charge on any atom is -0.411 e. The number of aliphatic hydroxyl groups excluding tert-OH is 1. The van der Waals surface area contributed by atoms with Gasteiger partial charge in [-0.15, -0.1) is 10.2 Å². The fraction of sp³-hybridized carbons (Fsp3) is 0.333. The lowest BCUT2D eigenvalue weighted by Crippen LogP contribution is -2.19. The van der Waals surface area contributed by atoms with Crippen molar-refractivity contribution in [2.24, 2.45) is 0 Å². The van der Waals surface area contributed by atoms with Crippen LogP contribution in [0, 0.1) is 0 Å². The first-order valence-corrected chi connectivity index (χ1v) is 9.15. The highest BCUT2D eigenvalue weighted by atomic mass is 35.5. The highest BCUT2D eigenvalue weighted by molar-refractivity contribution is 8.01. The summed E-state index contributed by atoms with van der Waals surface area (Å²) in [6, 6.07) is 6.92. The maximum absolute atomic E-state index is 11.4. The number of thioether (sulfide) groups is 1. The van der Waals surface area contributed by atoms with Crippen molar-refractivity contribution < 1.29 is 17.9 Å². The zero-order valence-corrected chi connectivity index (χ0v) is 13.0. The molecule has 6 nitrogen and oxygen atoms in total. The van der Waals surface area contributed by atoms with E-state index in [1.165, 1.54) is 0 Å². The standard InChI is InChI=1S/C12H11ClN2O4S2/c13-8-3-1-7(2-4-8)11-14-15-12(19-11)20-10-6-21(17,18)5-9(10)16/h1-4,9-10,16H,5-6H2/t9-,10-/m1/s1. The Morgan fingerprint density at radius 1 is 1.24 bits per heavy atom. The molecule has 2 heterocycles. The van der Waals surface area contributed by atoms with Gasteiger partial charge in [0.15, 0.2) is 9.84 Å². The summed E-state index contributed by atoms with van der Waals surface area (Å²) in [6.07, 6.45) is -0.911. The molecule has 2 atom stereocenters. The van der Waals surface area contributed by atoms with Crippen LogP contribution < -0.4 is 0 Å². The van der Waals surface area contributed by atoms with E-state index in [1.807, 2.05) is 0 Å². The molecule has 3 rings (SSSR count). The fourth-order valence-corrected chi connectivity index (χ4v) is 5.49. The van der Waals surface area contributed by atoms with Crippen LogP contribution in [0.2, 0.25) is 5.02 Å². The van der Waals surface area contributed by atoms with Crippen LogP contribution in [0.5, 0.6) is 0 Å². The van der Waals surface area contributed by atoms with Gasteiger partial charge in [-0.2, -0.15) is 0 Å². The third kappa shape index (κ3) is 3.39. The molecule has 9 heteroatoms. The second-order valence-corrected chi connectivity index (χ2v) is 8.46.